The Morgan fingerprint density at radius 1 is 1.73 bits per heavy atom. The molecule has 1 unspecified atom stereocenters. The van der Waals surface area contributed by atoms with Gasteiger partial charge in [0.2, 0.25) is 0 Å². The SMILES string of the molecule is CCN1CCC(O)(C(=O)O)C1. The molecule has 1 heterocycles. The molecule has 0 spiro atoms. The summed E-state index contributed by atoms with van der Waals surface area (Å²) in [5.41, 5.74) is -1.49. The van der Waals surface area contributed by atoms with Crippen molar-refractivity contribution in [1.82, 2.24) is 4.90 Å². The lowest BCUT2D eigenvalue weighted by molar-refractivity contribution is -0.156. The largest absolute Gasteiger partial charge is 0.479 e. The summed E-state index contributed by atoms with van der Waals surface area (Å²) in [6.07, 6.45) is 0.343. The summed E-state index contributed by atoms with van der Waals surface area (Å²) in [6, 6.07) is 0. The van der Waals surface area contributed by atoms with Gasteiger partial charge in [0.25, 0.3) is 0 Å². The average molecular weight is 159 g/mol. The third-order valence-corrected chi connectivity index (χ3v) is 2.17. The fourth-order valence-corrected chi connectivity index (χ4v) is 1.32. The number of rotatable bonds is 2. The summed E-state index contributed by atoms with van der Waals surface area (Å²) in [5.74, 6) is -1.10. The third-order valence-electron chi connectivity index (χ3n) is 2.17. The fraction of sp³-hybridized carbons (Fsp3) is 0.857. The van der Waals surface area contributed by atoms with E-state index in [0.29, 0.717) is 13.0 Å². The number of β-amino-alcohol motifs (C(OH)–C–C–N with tert-alkyl or cyclic N) is 1. The maximum absolute atomic E-state index is 10.5. The summed E-state index contributed by atoms with van der Waals surface area (Å²) >= 11 is 0. The van der Waals surface area contributed by atoms with E-state index in [-0.39, 0.29) is 6.54 Å². The smallest absolute Gasteiger partial charge is 0.337 e. The van der Waals surface area contributed by atoms with Gasteiger partial charge in [-0.05, 0) is 6.54 Å². The summed E-state index contributed by atoms with van der Waals surface area (Å²) in [4.78, 5) is 12.4. The molecule has 1 fully saturated rings. The molecule has 1 aliphatic rings. The number of hydrogen-bond donors (Lipinski definition) is 2. The number of carbonyl (C=O) groups is 1. The van der Waals surface area contributed by atoms with Crippen molar-refractivity contribution < 1.29 is 15.0 Å². The van der Waals surface area contributed by atoms with Crippen molar-refractivity contribution >= 4 is 5.97 Å². The minimum Gasteiger partial charge on any atom is -0.479 e. The number of hydrogen-bond acceptors (Lipinski definition) is 3. The molecule has 11 heavy (non-hydrogen) atoms. The number of carboxylic acid groups (broad SMARTS) is 1. The number of likely N-dealkylation sites (tertiary alicyclic amines) is 1. The molecule has 1 rings (SSSR count). The quantitative estimate of drug-likeness (QED) is 0.571. The lowest BCUT2D eigenvalue weighted by atomic mass is 10.0. The molecule has 2 N–H and O–H groups in total. The zero-order valence-electron chi connectivity index (χ0n) is 6.58. The summed E-state index contributed by atoms with van der Waals surface area (Å²) in [5, 5.41) is 18.0. The van der Waals surface area contributed by atoms with Crippen LogP contribution in [0.5, 0.6) is 0 Å². The number of likely N-dealkylation sites (N-methyl/N-ethyl adjacent to an activating group) is 1. The van der Waals surface area contributed by atoms with E-state index in [1.165, 1.54) is 0 Å². The van der Waals surface area contributed by atoms with Crippen molar-refractivity contribution in [2.45, 2.75) is 18.9 Å². The average Bonchev–Trinajstić information content (AvgIpc) is 2.33. The second-order valence-electron chi connectivity index (χ2n) is 2.96. The Hall–Kier alpha value is -0.610. The number of nitrogens with zero attached hydrogens (tertiary/aromatic N) is 1. The number of aliphatic hydroxyl groups is 1. The molecular formula is C7H13NO3. The van der Waals surface area contributed by atoms with Gasteiger partial charge in [-0.2, -0.15) is 0 Å². The predicted molar refractivity (Wildman–Crippen MR) is 39.3 cm³/mol. The van der Waals surface area contributed by atoms with Gasteiger partial charge in [0, 0.05) is 19.5 Å². The molecule has 0 bridgehead atoms. The Morgan fingerprint density at radius 2 is 2.36 bits per heavy atom. The molecule has 1 atom stereocenters. The van der Waals surface area contributed by atoms with Crippen LogP contribution in [-0.2, 0) is 4.79 Å². The van der Waals surface area contributed by atoms with Gasteiger partial charge in [0.1, 0.15) is 0 Å². The highest BCUT2D eigenvalue weighted by molar-refractivity contribution is 5.77. The maximum Gasteiger partial charge on any atom is 0.337 e. The zero-order chi connectivity index (χ0) is 8.48. The molecule has 0 aromatic carbocycles. The van der Waals surface area contributed by atoms with Gasteiger partial charge in [0.05, 0.1) is 0 Å². The molecule has 1 saturated heterocycles. The predicted octanol–water partition coefficient (Wildman–Crippen LogP) is -0.472. The van der Waals surface area contributed by atoms with Crippen LogP contribution in [0.4, 0.5) is 0 Å². The first kappa shape index (κ1) is 8.49. The minimum absolute atomic E-state index is 0.263. The van der Waals surface area contributed by atoms with Gasteiger partial charge in [-0.25, -0.2) is 4.79 Å². The van der Waals surface area contributed by atoms with Gasteiger partial charge < -0.3 is 15.1 Å². The van der Waals surface area contributed by atoms with Crippen LogP contribution in [-0.4, -0.2) is 46.3 Å². The van der Waals surface area contributed by atoms with E-state index in [2.05, 4.69) is 0 Å². The van der Waals surface area contributed by atoms with Gasteiger partial charge in [-0.3, -0.25) is 0 Å². The fourth-order valence-electron chi connectivity index (χ4n) is 1.32. The van der Waals surface area contributed by atoms with Crippen LogP contribution < -0.4 is 0 Å². The molecule has 1 aliphatic heterocycles. The van der Waals surface area contributed by atoms with E-state index in [0.717, 1.165) is 6.54 Å². The molecule has 0 amide bonds. The first-order chi connectivity index (χ1) is 5.08. The molecule has 0 radical (unpaired) electrons. The second-order valence-corrected chi connectivity index (χ2v) is 2.96. The Labute approximate surface area is 65.4 Å². The van der Waals surface area contributed by atoms with Crippen LogP contribution in [0.3, 0.4) is 0 Å². The maximum atomic E-state index is 10.5. The van der Waals surface area contributed by atoms with Crippen LogP contribution in [0.2, 0.25) is 0 Å². The van der Waals surface area contributed by atoms with Gasteiger partial charge >= 0.3 is 5.97 Å². The van der Waals surface area contributed by atoms with Crippen molar-refractivity contribution in [2.75, 3.05) is 19.6 Å². The van der Waals surface area contributed by atoms with Gasteiger partial charge in [-0.15, -0.1) is 0 Å². The molecule has 64 valence electrons. The monoisotopic (exact) mass is 159 g/mol. The van der Waals surface area contributed by atoms with Crippen LogP contribution in [0.1, 0.15) is 13.3 Å². The number of carboxylic acids is 1. The summed E-state index contributed by atoms with van der Waals surface area (Å²) in [7, 11) is 0. The van der Waals surface area contributed by atoms with Crippen molar-refractivity contribution in [3.63, 3.8) is 0 Å². The normalized spacial score (nSPS) is 32.5. The highest BCUT2D eigenvalue weighted by Gasteiger charge is 2.42. The Morgan fingerprint density at radius 3 is 2.64 bits per heavy atom. The molecular weight excluding hydrogens is 146 g/mol. The van der Waals surface area contributed by atoms with Crippen molar-refractivity contribution in [3.05, 3.63) is 0 Å². The molecule has 0 aromatic heterocycles. The Kier molecular flexibility index (Phi) is 2.15. The van der Waals surface area contributed by atoms with E-state index >= 15 is 0 Å². The van der Waals surface area contributed by atoms with E-state index in [1.807, 2.05) is 11.8 Å². The first-order valence-corrected chi connectivity index (χ1v) is 3.76. The summed E-state index contributed by atoms with van der Waals surface area (Å²) in [6.45, 7) is 3.70. The van der Waals surface area contributed by atoms with E-state index < -0.39 is 11.6 Å². The standard InChI is InChI=1S/C7H13NO3/c1-2-8-4-3-7(11,5-8)6(9)10/h11H,2-5H2,1H3,(H,9,10). The topological polar surface area (TPSA) is 60.8 Å². The lowest BCUT2D eigenvalue weighted by Gasteiger charge is -2.17. The number of aliphatic carboxylic acids is 1. The van der Waals surface area contributed by atoms with Crippen LogP contribution in [0.15, 0.2) is 0 Å². The highest BCUT2D eigenvalue weighted by atomic mass is 16.4. The van der Waals surface area contributed by atoms with Gasteiger partial charge in [0.15, 0.2) is 5.60 Å². The summed E-state index contributed by atoms with van der Waals surface area (Å²) < 4.78 is 0. The first-order valence-electron chi connectivity index (χ1n) is 3.76. The molecule has 0 aromatic rings. The lowest BCUT2D eigenvalue weighted by Crippen LogP contribution is -2.41. The molecule has 0 aliphatic carbocycles. The van der Waals surface area contributed by atoms with E-state index in [1.54, 1.807) is 0 Å². The second kappa shape index (κ2) is 2.79. The minimum atomic E-state index is -1.49. The molecule has 4 heteroatoms. The Bertz CT molecular complexity index is 171. The molecule has 4 nitrogen and oxygen atoms in total. The van der Waals surface area contributed by atoms with E-state index in [9.17, 15) is 9.90 Å². The van der Waals surface area contributed by atoms with Crippen LogP contribution in [0, 0.1) is 0 Å². The van der Waals surface area contributed by atoms with Crippen LogP contribution in [0.25, 0.3) is 0 Å². The molecule has 0 saturated carbocycles. The van der Waals surface area contributed by atoms with Crippen LogP contribution >= 0.6 is 0 Å². The third kappa shape index (κ3) is 1.52. The van der Waals surface area contributed by atoms with Crippen molar-refractivity contribution in [2.24, 2.45) is 0 Å². The van der Waals surface area contributed by atoms with Crippen molar-refractivity contribution in [3.8, 4) is 0 Å². The zero-order valence-corrected chi connectivity index (χ0v) is 6.58. The van der Waals surface area contributed by atoms with E-state index in [4.69, 9.17) is 5.11 Å². The van der Waals surface area contributed by atoms with Crippen molar-refractivity contribution in [1.29, 1.82) is 0 Å². The Balaban J connectivity index is 2.57. The highest BCUT2D eigenvalue weighted by Crippen LogP contribution is 2.20. The van der Waals surface area contributed by atoms with Gasteiger partial charge in [-0.1, -0.05) is 6.92 Å².